The summed E-state index contributed by atoms with van der Waals surface area (Å²) in [6, 6.07) is 7.61. The fourth-order valence-corrected chi connectivity index (χ4v) is 1.18. The Labute approximate surface area is 89.6 Å². The van der Waals surface area contributed by atoms with E-state index in [1.165, 1.54) is 0 Å². The molecule has 4 heteroatoms. The quantitative estimate of drug-likeness (QED) is 0.765. The number of anilines is 1. The Bertz CT molecular complexity index is 326. The summed E-state index contributed by atoms with van der Waals surface area (Å²) in [6.45, 7) is 0.618. The lowest BCUT2D eigenvalue weighted by Crippen LogP contribution is -2.20. The van der Waals surface area contributed by atoms with Crippen LogP contribution in [0.15, 0.2) is 24.3 Å². The number of ether oxygens (including phenoxy) is 1. The Hall–Kier alpha value is -1.71. The Morgan fingerprint density at radius 3 is 2.93 bits per heavy atom. The summed E-state index contributed by atoms with van der Waals surface area (Å²) in [7, 11) is 3.26. The molecule has 0 bridgehead atoms. The molecule has 0 saturated carbocycles. The molecule has 0 spiro atoms. The van der Waals surface area contributed by atoms with E-state index in [9.17, 15) is 4.79 Å². The van der Waals surface area contributed by atoms with Crippen LogP contribution in [0.1, 0.15) is 6.42 Å². The maximum Gasteiger partial charge on any atom is 0.221 e. The fourth-order valence-electron chi connectivity index (χ4n) is 1.18. The van der Waals surface area contributed by atoms with Crippen molar-refractivity contribution in [1.82, 2.24) is 5.32 Å². The van der Waals surface area contributed by atoms with Gasteiger partial charge in [0.1, 0.15) is 5.75 Å². The molecule has 0 unspecified atom stereocenters. The van der Waals surface area contributed by atoms with Crippen molar-refractivity contribution in [3.05, 3.63) is 24.3 Å². The van der Waals surface area contributed by atoms with Gasteiger partial charge in [-0.05, 0) is 12.1 Å². The Morgan fingerprint density at radius 2 is 2.27 bits per heavy atom. The van der Waals surface area contributed by atoms with Crippen LogP contribution >= 0.6 is 0 Å². The summed E-state index contributed by atoms with van der Waals surface area (Å²) >= 11 is 0. The topological polar surface area (TPSA) is 50.4 Å². The van der Waals surface area contributed by atoms with Crippen molar-refractivity contribution in [1.29, 1.82) is 0 Å². The zero-order valence-electron chi connectivity index (χ0n) is 9.04. The first-order valence-electron chi connectivity index (χ1n) is 4.84. The zero-order chi connectivity index (χ0) is 11.1. The number of benzene rings is 1. The lowest BCUT2D eigenvalue weighted by atomic mass is 10.3. The van der Waals surface area contributed by atoms with Crippen LogP contribution in [0.25, 0.3) is 0 Å². The molecule has 0 aliphatic carbocycles. The molecule has 0 atom stereocenters. The first kappa shape index (κ1) is 11.4. The number of carbonyl (C=O) groups is 1. The van der Waals surface area contributed by atoms with Crippen molar-refractivity contribution in [2.24, 2.45) is 0 Å². The molecule has 1 amide bonds. The highest BCUT2D eigenvalue weighted by molar-refractivity contribution is 5.76. The summed E-state index contributed by atoms with van der Waals surface area (Å²) in [5.74, 6) is 0.838. The maximum atomic E-state index is 10.9. The third-order valence-corrected chi connectivity index (χ3v) is 2.03. The number of amides is 1. The minimum absolute atomic E-state index is 0.0328. The minimum atomic E-state index is 0.0328. The SMILES string of the molecule is CNC(=O)CCNc1cccc(OC)c1. The van der Waals surface area contributed by atoms with E-state index in [4.69, 9.17) is 4.74 Å². The summed E-state index contributed by atoms with van der Waals surface area (Å²) < 4.78 is 5.08. The molecule has 2 N–H and O–H groups in total. The summed E-state index contributed by atoms with van der Waals surface area (Å²) in [4.78, 5) is 10.9. The van der Waals surface area contributed by atoms with Crippen molar-refractivity contribution in [3.8, 4) is 5.75 Å². The number of methoxy groups -OCH3 is 1. The van der Waals surface area contributed by atoms with Gasteiger partial charge in [0.2, 0.25) is 5.91 Å². The Morgan fingerprint density at radius 1 is 1.47 bits per heavy atom. The number of nitrogens with one attached hydrogen (secondary N) is 2. The van der Waals surface area contributed by atoms with Gasteiger partial charge < -0.3 is 15.4 Å². The molecule has 4 nitrogen and oxygen atoms in total. The average molecular weight is 208 g/mol. The van der Waals surface area contributed by atoms with E-state index in [0.717, 1.165) is 11.4 Å². The standard InChI is InChI=1S/C11H16N2O2/c1-12-11(14)6-7-13-9-4-3-5-10(8-9)15-2/h3-5,8,13H,6-7H2,1-2H3,(H,12,14). The van der Waals surface area contributed by atoms with Crippen molar-refractivity contribution in [2.45, 2.75) is 6.42 Å². The second-order valence-corrected chi connectivity index (χ2v) is 3.08. The van der Waals surface area contributed by atoms with Crippen LogP contribution in [-0.4, -0.2) is 26.6 Å². The van der Waals surface area contributed by atoms with Crippen LogP contribution in [0.4, 0.5) is 5.69 Å². The molecular formula is C11H16N2O2. The zero-order valence-corrected chi connectivity index (χ0v) is 9.04. The molecule has 82 valence electrons. The Balaban J connectivity index is 2.40. The molecular weight excluding hydrogens is 192 g/mol. The predicted octanol–water partition coefficient (Wildman–Crippen LogP) is 1.24. The number of carbonyl (C=O) groups excluding carboxylic acids is 1. The van der Waals surface area contributed by atoms with Crippen LogP contribution in [0.5, 0.6) is 5.75 Å². The van der Waals surface area contributed by atoms with E-state index < -0.39 is 0 Å². The first-order chi connectivity index (χ1) is 7.26. The third kappa shape index (κ3) is 3.89. The smallest absolute Gasteiger partial charge is 0.221 e. The molecule has 15 heavy (non-hydrogen) atoms. The van der Waals surface area contributed by atoms with Crippen LogP contribution in [-0.2, 0) is 4.79 Å². The van der Waals surface area contributed by atoms with Gasteiger partial charge in [-0.25, -0.2) is 0 Å². The van der Waals surface area contributed by atoms with E-state index in [1.54, 1.807) is 14.2 Å². The van der Waals surface area contributed by atoms with Gasteiger partial charge in [0, 0.05) is 31.8 Å². The van der Waals surface area contributed by atoms with Gasteiger partial charge in [-0.3, -0.25) is 4.79 Å². The Kier molecular flexibility index (Phi) is 4.47. The fraction of sp³-hybridized carbons (Fsp3) is 0.364. The van der Waals surface area contributed by atoms with E-state index >= 15 is 0 Å². The molecule has 0 aliphatic heterocycles. The van der Waals surface area contributed by atoms with Crippen LogP contribution in [0, 0.1) is 0 Å². The van der Waals surface area contributed by atoms with Crippen LogP contribution < -0.4 is 15.4 Å². The van der Waals surface area contributed by atoms with E-state index in [1.807, 2.05) is 24.3 Å². The lowest BCUT2D eigenvalue weighted by molar-refractivity contribution is -0.120. The lowest BCUT2D eigenvalue weighted by Gasteiger charge is -2.07. The van der Waals surface area contributed by atoms with Gasteiger partial charge in [-0.15, -0.1) is 0 Å². The molecule has 0 saturated heterocycles. The first-order valence-corrected chi connectivity index (χ1v) is 4.84. The molecule has 0 aliphatic rings. The molecule has 0 aromatic heterocycles. The van der Waals surface area contributed by atoms with Crippen LogP contribution in [0.3, 0.4) is 0 Å². The number of rotatable bonds is 5. The monoisotopic (exact) mass is 208 g/mol. The predicted molar refractivity (Wildman–Crippen MR) is 60.2 cm³/mol. The molecule has 1 rings (SSSR count). The van der Waals surface area contributed by atoms with Crippen molar-refractivity contribution in [2.75, 3.05) is 26.0 Å². The highest BCUT2D eigenvalue weighted by atomic mass is 16.5. The summed E-state index contributed by atoms with van der Waals surface area (Å²) in [6.07, 6.45) is 0.466. The molecule has 1 aromatic carbocycles. The van der Waals surface area contributed by atoms with Crippen LogP contribution in [0.2, 0.25) is 0 Å². The molecule has 0 fully saturated rings. The largest absolute Gasteiger partial charge is 0.497 e. The second kappa shape index (κ2) is 5.90. The van der Waals surface area contributed by atoms with Gasteiger partial charge in [0.25, 0.3) is 0 Å². The normalized spacial score (nSPS) is 9.47. The summed E-state index contributed by atoms with van der Waals surface area (Å²) in [5, 5.41) is 5.71. The van der Waals surface area contributed by atoms with Gasteiger partial charge in [0.05, 0.1) is 7.11 Å². The average Bonchev–Trinajstić information content (AvgIpc) is 2.29. The highest BCUT2D eigenvalue weighted by Crippen LogP contribution is 2.16. The number of hydrogen-bond acceptors (Lipinski definition) is 3. The maximum absolute atomic E-state index is 10.9. The summed E-state index contributed by atoms with van der Waals surface area (Å²) in [5.41, 5.74) is 0.957. The van der Waals surface area contributed by atoms with Gasteiger partial charge in [0.15, 0.2) is 0 Å². The van der Waals surface area contributed by atoms with E-state index in [2.05, 4.69) is 10.6 Å². The van der Waals surface area contributed by atoms with Crippen molar-refractivity contribution < 1.29 is 9.53 Å². The third-order valence-electron chi connectivity index (χ3n) is 2.03. The molecule has 1 aromatic rings. The molecule has 0 radical (unpaired) electrons. The molecule has 0 heterocycles. The van der Waals surface area contributed by atoms with E-state index in [0.29, 0.717) is 13.0 Å². The van der Waals surface area contributed by atoms with Gasteiger partial charge in [-0.1, -0.05) is 6.07 Å². The number of hydrogen-bond donors (Lipinski definition) is 2. The van der Waals surface area contributed by atoms with Crippen molar-refractivity contribution in [3.63, 3.8) is 0 Å². The second-order valence-electron chi connectivity index (χ2n) is 3.08. The van der Waals surface area contributed by atoms with Crippen molar-refractivity contribution >= 4 is 11.6 Å². The van der Waals surface area contributed by atoms with Gasteiger partial charge in [-0.2, -0.15) is 0 Å². The highest BCUT2D eigenvalue weighted by Gasteiger charge is 1.98. The minimum Gasteiger partial charge on any atom is -0.497 e. The van der Waals surface area contributed by atoms with E-state index in [-0.39, 0.29) is 5.91 Å². The van der Waals surface area contributed by atoms with Gasteiger partial charge >= 0.3 is 0 Å².